The number of nitrogen functional groups attached to an aromatic ring is 1. The third kappa shape index (κ3) is 3.07. The number of rotatable bonds is 5. The first-order valence-corrected chi connectivity index (χ1v) is 7.74. The van der Waals surface area contributed by atoms with Gasteiger partial charge in [0.1, 0.15) is 5.82 Å². The van der Waals surface area contributed by atoms with Crippen LogP contribution in [-0.4, -0.2) is 26.2 Å². The van der Waals surface area contributed by atoms with E-state index in [1.165, 1.54) is 38.5 Å². The zero-order chi connectivity index (χ0) is 14.7. The first-order chi connectivity index (χ1) is 10.3. The molecule has 0 saturated heterocycles. The van der Waals surface area contributed by atoms with Crippen molar-refractivity contribution in [2.75, 3.05) is 10.7 Å². The Balaban J connectivity index is 1.72. The molecular weight excluding hydrogens is 266 g/mol. The molecule has 0 unspecified atom stereocenters. The molecular formula is C14H23N7. The molecule has 21 heavy (non-hydrogen) atoms. The average Bonchev–Trinajstić information content (AvgIpc) is 2.98. The number of nitrogens with one attached hydrogen (secondary N) is 3. The van der Waals surface area contributed by atoms with E-state index in [-0.39, 0.29) is 0 Å². The highest BCUT2D eigenvalue weighted by Gasteiger charge is 2.21. The lowest BCUT2D eigenvalue weighted by atomic mass is 9.83. The summed E-state index contributed by atoms with van der Waals surface area (Å²) in [4.78, 5) is 8.66. The minimum atomic E-state index is 0.397. The number of nitrogens with zero attached hydrogens (tertiary/aromatic N) is 3. The highest BCUT2D eigenvalue weighted by atomic mass is 15.3. The highest BCUT2D eigenvalue weighted by molar-refractivity contribution is 5.87. The summed E-state index contributed by atoms with van der Waals surface area (Å²) in [5.74, 6) is 7.53. The molecule has 2 heterocycles. The minimum Gasteiger partial charge on any atom is -0.367 e. The normalized spacial score (nSPS) is 22.4. The summed E-state index contributed by atoms with van der Waals surface area (Å²) < 4.78 is 0. The molecule has 1 fully saturated rings. The van der Waals surface area contributed by atoms with Crippen LogP contribution in [0.25, 0.3) is 11.0 Å². The van der Waals surface area contributed by atoms with Crippen molar-refractivity contribution in [3.05, 3.63) is 6.20 Å². The number of H-pyrrole nitrogens is 1. The summed E-state index contributed by atoms with van der Waals surface area (Å²) in [6.45, 7) is 2.27. The first-order valence-electron chi connectivity index (χ1n) is 7.74. The summed E-state index contributed by atoms with van der Waals surface area (Å²) in [5, 5.41) is 11.3. The molecule has 3 rings (SSSR count). The lowest BCUT2D eigenvalue weighted by molar-refractivity contribution is 0.318. The van der Waals surface area contributed by atoms with E-state index in [2.05, 4.69) is 37.8 Å². The fraction of sp³-hybridized carbons (Fsp3) is 0.643. The van der Waals surface area contributed by atoms with E-state index in [9.17, 15) is 0 Å². The van der Waals surface area contributed by atoms with Crippen molar-refractivity contribution in [3.63, 3.8) is 0 Å². The molecule has 1 aliphatic carbocycles. The first kappa shape index (κ1) is 14.1. The van der Waals surface area contributed by atoms with Crippen LogP contribution >= 0.6 is 0 Å². The van der Waals surface area contributed by atoms with Crippen LogP contribution in [0.3, 0.4) is 0 Å². The van der Waals surface area contributed by atoms with Gasteiger partial charge in [-0.25, -0.2) is 5.84 Å². The Bertz CT molecular complexity index is 586. The van der Waals surface area contributed by atoms with E-state index in [4.69, 9.17) is 5.84 Å². The number of fused-ring (bicyclic) bond motifs is 1. The van der Waals surface area contributed by atoms with Gasteiger partial charge in [-0.05, 0) is 31.6 Å². The summed E-state index contributed by atoms with van der Waals surface area (Å²) in [6.07, 6.45) is 9.38. The van der Waals surface area contributed by atoms with Gasteiger partial charge in [0.2, 0.25) is 5.95 Å². The molecule has 7 nitrogen and oxygen atoms in total. The zero-order valence-electron chi connectivity index (χ0n) is 12.4. The van der Waals surface area contributed by atoms with E-state index in [0.29, 0.717) is 17.6 Å². The fourth-order valence-corrected chi connectivity index (χ4v) is 3.21. The molecule has 1 aliphatic rings. The second-order valence-corrected chi connectivity index (χ2v) is 5.82. The van der Waals surface area contributed by atoms with Gasteiger partial charge in [0.25, 0.3) is 0 Å². The van der Waals surface area contributed by atoms with Crippen molar-refractivity contribution in [3.8, 4) is 0 Å². The summed E-state index contributed by atoms with van der Waals surface area (Å²) in [5.41, 5.74) is 3.19. The Hall–Kier alpha value is -1.89. The summed E-state index contributed by atoms with van der Waals surface area (Å²) in [7, 11) is 0. The van der Waals surface area contributed by atoms with E-state index < -0.39 is 0 Å². The summed E-state index contributed by atoms with van der Waals surface area (Å²) >= 11 is 0. The lowest BCUT2D eigenvalue weighted by Crippen LogP contribution is -2.27. The predicted molar refractivity (Wildman–Crippen MR) is 83.8 cm³/mol. The fourth-order valence-electron chi connectivity index (χ4n) is 3.21. The van der Waals surface area contributed by atoms with Crippen molar-refractivity contribution in [2.45, 2.75) is 51.5 Å². The topological polar surface area (TPSA) is 105 Å². The smallest absolute Gasteiger partial charge is 0.241 e. The molecule has 0 atom stereocenters. The van der Waals surface area contributed by atoms with Crippen LogP contribution in [0.15, 0.2) is 6.20 Å². The third-order valence-corrected chi connectivity index (χ3v) is 4.32. The maximum absolute atomic E-state index is 5.43. The van der Waals surface area contributed by atoms with Crippen LogP contribution in [0, 0.1) is 5.92 Å². The minimum absolute atomic E-state index is 0.397. The standard InChI is InChI=1S/C14H23N7/c1-2-3-9-4-6-10(7-5-9)17-12-11-8-16-21-13(11)19-14(18-12)20-15/h8-10H,2-7,15H2,1H3,(H3,16,17,18,19,20,21). The van der Waals surface area contributed by atoms with E-state index in [1.54, 1.807) is 6.20 Å². The van der Waals surface area contributed by atoms with Gasteiger partial charge in [0.05, 0.1) is 11.6 Å². The number of anilines is 2. The molecule has 0 spiro atoms. The van der Waals surface area contributed by atoms with E-state index in [0.717, 1.165) is 17.1 Å². The lowest BCUT2D eigenvalue weighted by Gasteiger charge is -2.29. The van der Waals surface area contributed by atoms with E-state index in [1.807, 2.05) is 0 Å². The Morgan fingerprint density at radius 3 is 2.81 bits per heavy atom. The van der Waals surface area contributed by atoms with Gasteiger partial charge in [-0.2, -0.15) is 15.1 Å². The summed E-state index contributed by atoms with van der Waals surface area (Å²) in [6, 6.07) is 0.469. The molecule has 0 aromatic carbocycles. The molecule has 0 aliphatic heterocycles. The molecule has 0 radical (unpaired) electrons. The molecule has 2 aromatic rings. The van der Waals surface area contributed by atoms with Gasteiger partial charge in [0, 0.05) is 6.04 Å². The molecule has 1 saturated carbocycles. The molecule has 0 amide bonds. The van der Waals surface area contributed by atoms with Gasteiger partial charge in [-0.15, -0.1) is 0 Å². The molecule has 114 valence electrons. The SMILES string of the molecule is CCCC1CCC(Nc2nc(NN)nc3[nH]ncc23)CC1. The second kappa shape index (κ2) is 6.26. The van der Waals surface area contributed by atoms with Crippen molar-refractivity contribution < 1.29 is 0 Å². The third-order valence-electron chi connectivity index (χ3n) is 4.32. The van der Waals surface area contributed by atoms with Crippen molar-refractivity contribution in [2.24, 2.45) is 11.8 Å². The van der Waals surface area contributed by atoms with Gasteiger partial charge < -0.3 is 5.32 Å². The van der Waals surface area contributed by atoms with Crippen LogP contribution < -0.4 is 16.6 Å². The molecule has 5 N–H and O–H groups in total. The number of aromatic nitrogens is 4. The largest absolute Gasteiger partial charge is 0.367 e. The number of hydrogen-bond acceptors (Lipinski definition) is 6. The van der Waals surface area contributed by atoms with Gasteiger partial charge in [-0.3, -0.25) is 10.5 Å². The molecule has 7 heteroatoms. The highest BCUT2D eigenvalue weighted by Crippen LogP contribution is 2.30. The van der Waals surface area contributed by atoms with Crippen LogP contribution in [-0.2, 0) is 0 Å². The van der Waals surface area contributed by atoms with Crippen molar-refractivity contribution in [1.29, 1.82) is 0 Å². The Labute approximate surface area is 124 Å². The van der Waals surface area contributed by atoms with Crippen LogP contribution in [0.2, 0.25) is 0 Å². The van der Waals surface area contributed by atoms with Gasteiger partial charge in [0.15, 0.2) is 5.65 Å². The quantitative estimate of drug-likeness (QED) is 0.497. The maximum atomic E-state index is 5.43. The second-order valence-electron chi connectivity index (χ2n) is 5.82. The van der Waals surface area contributed by atoms with Crippen molar-refractivity contribution in [1.82, 2.24) is 20.2 Å². The van der Waals surface area contributed by atoms with Crippen LogP contribution in [0.5, 0.6) is 0 Å². The predicted octanol–water partition coefficient (Wildman–Crippen LogP) is 2.41. The van der Waals surface area contributed by atoms with E-state index >= 15 is 0 Å². The number of nitrogens with two attached hydrogens (primary N) is 1. The van der Waals surface area contributed by atoms with Gasteiger partial charge in [-0.1, -0.05) is 19.8 Å². The Kier molecular flexibility index (Phi) is 4.19. The maximum Gasteiger partial charge on any atom is 0.241 e. The zero-order valence-corrected chi connectivity index (χ0v) is 12.4. The molecule has 0 bridgehead atoms. The number of hydrogen-bond donors (Lipinski definition) is 4. The monoisotopic (exact) mass is 289 g/mol. The van der Waals surface area contributed by atoms with Crippen molar-refractivity contribution >= 4 is 22.8 Å². The average molecular weight is 289 g/mol. The Morgan fingerprint density at radius 1 is 1.29 bits per heavy atom. The molecule has 2 aromatic heterocycles. The van der Waals surface area contributed by atoms with Crippen LogP contribution in [0.1, 0.15) is 45.4 Å². The number of aromatic amines is 1. The van der Waals surface area contributed by atoms with Crippen LogP contribution in [0.4, 0.5) is 11.8 Å². The van der Waals surface area contributed by atoms with Gasteiger partial charge >= 0.3 is 0 Å². The Morgan fingerprint density at radius 2 is 2.10 bits per heavy atom. The number of hydrazine groups is 1.